The van der Waals surface area contributed by atoms with Crippen LogP contribution in [0.25, 0.3) is 0 Å². The van der Waals surface area contributed by atoms with Crippen molar-refractivity contribution in [3.8, 4) is 6.07 Å². The lowest BCUT2D eigenvalue weighted by molar-refractivity contribution is -0.129. The molecule has 0 aromatic heterocycles. The summed E-state index contributed by atoms with van der Waals surface area (Å²) in [5.41, 5.74) is 1.77. The number of nitriles is 1. The lowest BCUT2D eigenvalue weighted by Gasteiger charge is -2.39. The molecule has 0 bridgehead atoms. The molecule has 20 heavy (non-hydrogen) atoms. The van der Waals surface area contributed by atoms with Crippen molar-refractivity contribution in [3.05, 3.63) is 23.8 Å². The zero-order chi connectivity index (χ0) is 14.1. The van der Waals surface area contributed by atoms with Crippen LogP contribution in [0, 0.1) is 11.3 Å². The molecule has 2 aliphatic heterocycles. The van der Waals surface area contributed by atoms with E-state index >= 15 is 0 Å². The maximum absolute atomic E-state index is 11.7. The minimum Gasteiger partial charge on any atom is -0.367 e. The van der Waals surface area contributed by atoms with Gasteiger partial charge in [-0.1, -0.05) is 6.07 Å². The highest BCUT2D eigenvalue weighted by molar-refractivity contribution is 7.98. The van der Waals surface area contributed by atoms with Crippen LogP contribution >= 0.6 is 11.8 Å². The Kier molecular flexibility index (Phi) is 3.58. The van der Waals surface area contributed by atoms with Gasteiger partial charge in [-0.05, 0) is 24.8 Å². The van der Waals surface area contributed by atoms with E-state index in [4.69, 9.17) is 0 Å². The van der Waals surface area contributed by atoms with Crippen LogP contribution in [0.1, 0.15) is 18.4 Å². The highest BCUT2D eigenvalue weighted by Crippen LogP contribution is 2.32. The Bertz CT molecular complexity index is 581. The summed E-state index contributed by atoms with van der Waals surface area (Å²) < 4.78 is 0. The number of nitrogens with zero attached hydrogens (tertiary/aromatic N) is 3. The fraction of sp³-hybridized carbons (Fsp3) is 0.467. The first-order chi connectivity index (χ1) is 9.74. The number of anilines is 1. The van der Waals surface area contributed by atoms with Gasteiger partial charge < -0.3 is 9.80 Å². The molecule has 104 valence electrons. The first-order valence-electron chi connectivity index (χ1n) is 6.86. The summed E-state index contributed by atoms with van der Waals surface area (Å²) in [4.78, 5) is 17.0. The van der Waals surface area contributed by atoms with Crippen LogP contribution in [0.2, 0.25) is 0 Å². The van der Waals surface area contributed by atoms with Crippen LogP contribution in [-0.4, -0.2) is 42.7 Å². The molecule has 1 aromatic rings. The van der Waals surface area contributed by atoms with E-state index in [1.165, 1.54) is 0 Å². The molecular formula is C15H17N3OS. The molecule has 1 atom stereocenters. The number of hydrogen-bond donors (Lipinski definition) is 0. The third-order valence-electron chi connectivity index (χ3n) is 4.17. The third kappa shape index (κ3) is 2.14. The van der Waals surface area contributed by atoms with E-state index in [-0.39, 0.29) is 5.91 Å². The number of amides is 1. The van der Waals surface area contributed by atoms with Gasteiger partial charge in [0.1, 0.15) is 6.07 Å². The Labute approximate surface area is 123 Å². The van der Waals surface area contributed by atoms with E-state index in [1.54, 1.807) is 11.8 Å². The zero-order valence-corrected chi connectivity index (χ0v) is 12.3. The third-order valence-corrected chi connectivity index (χ3v) is 4.95. The lowest BCUT2D eigenvalue weighted by Crippen LogP contribution is -2.51. The summed E-state index contributed by atoms with van der Waals surface area (Å²) >= 11 is 1.60. The molecule has 1 amide bonds. The van der Waals surface area contributed by atoms with Crippen molar-refractivity contribution in [1.29, 1.82) is 5.26 Å². The number of hydrogen-bond acceptors (Lipinski definition) is 4. The second-order valence-electron chi connectivity index (χ2n) is 5.19. The second-order valence-corrected chi connectivity index (χ2v) is 6.04. The fourth-order valence-corrected chi connectivity index (χ4v) is 3.72. The van der Waals surface area contributed by atoms with Crippen LogP contribution in [0.15, 0.2) is 23.1 Å². The van der Waals surface area contributed by atoms with E-state index in [1.807, 2.05) is 29.4 Å². The predicted octanol–water partition coefficient (Wildman–Crippen LogP) is 2.09. The van der Waals surface area contributed by atoms with Gasteiger partial charge in [-0.3, -0.25) is 4.79 Å². The van der Waals surface area contributed by atoms with Crippen molar-refractivity contribution < 1.29 is 4.79 Å². The molecule has 2 saturated heterocycles. The van der Waals surface area contributed by atoms with E-state index in [0.29, 0.717) is 12.5 Å². The summed E-state index contributed by atoms with van der Waals surface area (Å²) in [5.74, 6) is 0.285. The average Bonchev–Trinajstić information content (AvgIpc) is 2.87. The molecule has 0 radical (unpaired) electrons. The Balaban J connectivity index is 1.88. The van der Waals surface area contributed by atoms with Gasteiger partial charge in [-0.15, -0.1) is 11.8 Å². The second kappa shape index (κ2) is 5.37. The van der Waals surface area contributed by atoms with E-state index in [2.05, 4.69) is 11.0 Å². The Morgan fingerprint density at radius 3 is 3.00 bits per heavy atom. The lowest BCUT2D eigenvalue weighted by atomic mass is 10.1. The number of thioether (sulfide) groups is 1. The van der Waals surface area contributed by atoms with Gasteiger partial charge >= 0.3 is 0 Å². The molecular weight excluding hydrogens is 270 g/mol. The van der Waals surface area contributed by atoms with Crippen LogP contribution in [0.5, 0.6) is 0 Å². The maximum Gasteiger partial charge on any atom is 0.223 e. The maximum atomic E-state index is 11.7. The Morgan fingerprint density at radius 1 is 1.40 bits per heavy atom. The van der Waals surface area contributed by atoms with Crippen LogP contribution in [-0.2, 0) is 4.79 Å². The first kappa shape index (κ1) is 13.3. The van der Waals surface area contributed by atoms with Crippen molar-refractivity contribution >= 4 is 23.4 Å². The normalized spacial score (nSPS) is 21.8. The summed E-state index contributed by atoms with van der Waals surface area (Å²) in [6.45, 7) is 2.44. The van der Waals surface area contributed by atoms with Crippen LogP contribution in [0.3, 0.4) is 0 Å². The van der Waals surface area contributed by atoms with Crippen molar-refractivity contribution in [3.63, 3.8) is 0 Å². The quantitative estimate of drug-likeness (QED) is 0.782. The summed E-state index contributed by atoms with van der Waals surface area (Å²) in [6.07, 6.45) is 3.61. The summed E-state index contributed by atoms with van der Waals surface area (Å²) in [7, 11) is 0. The summed E-state index contributed by atoms with van der Waals surface area (Å²) in [5, 5.41) is 9.44. The smallest absolute Gasteiger partial charge is 0.223 e. The minimum atomic E-state index is 0.285. The van der Waals surface area contributed by atoms with Crippen molar-refractivity contribution in [2.75, 3.05) is 30.8 Å². The fourth-order valence-electron chi connectivity index (χ4n) is 3.15. The highest BCUT2D eigenvalue weighted by atomic mass is 32.2. The molecule has 0 saturated carbocycles. The van der Waals surface area contributed by atoms with E-state index in [9.17, 15) is 10.1 Å². The molecule has 0 aliphatic carbocycles. The number of rotatable bonds is 2. The monoisotopic (exact) mass is 287 g/mol. The average molecular weight is 287 g/mol. The standard InChI is InChI=1S/C15H17N3OS/c1-20-14-4-2-3-13(12(14)9-16)17-7-8-18-11(10-17)5-6-15(18)19/h2-4,11H,5-8,10H2,1H3. The van der Waals surface area contributed by atoms with Crippen molar-refractivity contribution in [2.45, 2.75) is 23.8 Å². The Hall–Kier alpha value is -1.67. The largest absolute Gasteiger partial charge is 0.367 e. The van der Waals surface area contributed by atoms with Gasteiger partial charge in [-0.25, -0.2) is 0 Å². The molecule has 2 aliphatic rings. The predicted molar refractivity (Wildman–Crippen MR) is 79.9 cm³/mol. The van der Waals surface area contributed by atoms with Gasteiger partial charge in [0.05, 0.1) is 11.3 Å². The number of piperazine rings is 1. The molecule has 2 fully saturated rings. The van der Waals surface area contributed by atoms with Gasteiger partial charge in [0.25, 0.3) is 0 Å². The minimum absolute atomic E-state index is 0.285. The number of carbonyl (C=O) groups excluding carboxylic acids is 1. The zero-order valence-electron chi connectivity index (χ0n) is 11.5. The van der Waals surface area contributed by atoms with E-state index in [0.717, 1.165) is 42.2 Å². The Morgan fingerprint density at radius 2 is 2.25 bits per heavy atom. The molecule has 2 heterocycles. The van der Waals surface area contributed by atoms with E-state index < -0.39 is 0 Å². The molecule has 1 aromatic carbocycles. The number of fused-ring (bicyclic) bond motifs is 1. The van der Waals surface area contributed by atoms with Crippen molar-refractivity contribution in [2.24, 2.45) is 0 Å². The molecule has 3 rings (SSSR count). The molecule has 0 spiro atoms. The summed E-state index contributed by atoms with van der Waals surface area (Å²) in [6, 6.07) is 8.67. The molecule has 5 heteroatoms. The van der Waals surface area contributed by atoms with Gasteiger partial charge in [-0.2, -0.15) is 5.26 Å². The van der Waals surface area contributed by atoms with Gasteiger partial charge in [0.15, 0.2) is 0 Å². The van der Waals surface area contributed by atoms with Crippen molar-refractivity contribution in [1.82, 2.24) is 4.90 Å². The number of benzene rings is 1. The van der Waals surface area contributed by atoms with Gasteiger partial charge in [0.2, 0.25) is 5.91 Å². The van der Waals surface area contributed by atoms with Gasteiger partial charge in [0, 0.05) is 37.0 Å². The van der Waals surface area contributed by atoms with Crippen LogP contribution in [0.4, 0.5) is 5.69 Å². The van der Waals surface area contributed by atoms with Crippen LogP contribution < -0.4 is 4.90 Å². The molecule has 1 unspecified atom stereocenters. The first-order valence-corrected chi connectivity index (χ1v) is 8.08. The highest BCUT2D eigenvalue weighted by Gasteiger charge is 2.36. The SMILES string of the molecule is CSc1cccc(N2CCN3C(=O)CCC3C2)c1C#N. The molecule has 4 nitrogen and oxygen atoms in total. The number of carbonyl (C=O) groups is 1. The molecule has 0 N–H and O–H groups in total. The topological polar surface area (TPSA) is 47.3 Å².